The molecule has 0 aliphatic rings. The summed E-state index contributed by atoms with van der Waals surface area (Å²) in [5.74, 6) is -0.489. The number of nitrogens with zero attached hydrogens (tertiary/aromatic N) is 2. The minimum Gasteiger partial charge on any atom is -0.294 e. The van der Waals surface area contributed by atoms with Crippen molar-refractivity contribution in [2.75, 3.05) is 0 Å². The molecule has 0 bridgehead atoms. The van der Waals surface area contributed by atoms with E-state index in [1.54, 1.807) is 6.07 Å². The Bertz CT molecular complexity index is 660. The van der Waals surface area contributed by atoms with Crippen molar-refractivity contribution in [3.8, 4) is 0 Å². The van der Waals surface area contributed by atoms with Crippen LogP contribution in [0.25, 0.3) is 0 Å². The van der Waals surface area contributed by atoms with Gasteiger partial charge in [-0.1, -0.05) is 29.3 Å². The van der Waals surface area contributed by atoms with E-state index in [0.717, 1.165) is 0 Å². The number of benzene rings is 1. The molecule has 2 rings (SSSR count). The molecule has 0 saturated carbocycles. The second-order valence-corrected chi connectivity index (χ2v) is 5.37. The van der Waals surface area contributed by atoms with Crippen molar-refractivity contribution >= 4 is 45.8 Å². The molecule has 0 aliphatic carbocycles. The van der Waals surface area contributed by atoms with Gasteiger partial charge in [0.25, 0.3) is 5.56 Å². The lowest BCUT2D eigenvalue weighted by atomic mass is 10.2. The Balaban J connectivity index is 2.37. The zero-order valence-electron chi connectivity index (χ0n) is 8.83. The number of aromatic nitrogens is 2. The fourth-order valence-corrected chi connectivity index (χ4v) is 2.17. The Labute approximate surface area is 126 Å². The summed E-state index contributed by atoms with van der Waals surface area (Å²) in [6.45, 7) is 0.263. The number of rotatable bonds is 2. The predicted octanol–water partition coefficient (Wildman–Crippen LogP) is 3.34. The van der Waals surface area contributed by atoms with Crippen molar-refractivity contribution in [1.82, 2.24) is 9.55 Å². The van der Waals surface area contributed by atoms with Crippen molar-refractivity contribution in [3.05, 3.63) is 60.0 Å². The van der Waals surface area contributed by atoms with Gasteiger partial charge in [-0.25, -0.2) is 9.37 Å². The van der Waals surface area contributed by atoms with Gasteiger partial charge in [0.1, 0.15) is 14.5 Å². The summed E-state index contributed by atoms with van der Waals surface area (Å²) >= 11 is 13.2. The molecule has 0 radical (unpaired) electrons. The van der Waals surface area contributed by atoms with Crippen molar-refractivity contribution in [2.24, 2.45) is 0 Å². The minimum absolute atomic E-state index is 0.0252. The Morgan fingerprint density at radius 2 is 2.11 bits per heavy atom. The summed E-state index contributed by atoms with van der Waals surface area (Å²) in [7, 11) is 0. The number of halogens is 4. The highest BCUT2D eigenvalue weighted by Crippen LogP contribution is 2.17. The SMILES string of the molecule is O=c1c(I)c(Cl)ncn1Cc1ccc(F)c(Cl)c1. The van der Waals surface area contributed by atoms with Crippen LogP contribution in [-0.2, 0) is 6.54 Å². The maximum atomic E-state index is 13.0. The van der Waals surface area contributed by atoms with Crippen LogP contribution in [0.5, 0.6) is 0 Å². The first-order chi connectivity index (χ1) is 8.49. The lowest BCUT2D eigenvalue weighted by Crippen LogP contribution is -2.23. The van der Waals surface area contributed by atoms with Gasteiger partial charge >= 0.3 is 0 Å². The van der Waals surface area contributed by atoms with Crippen LogP contribution in [0.4, 0.5) is 4.39 Å². The van der Waals surface area contributed by atoms with E-state index in [4.69, 9.17) is 23.2 Å². The monoisotopic (exact) mass is 398 g/mol. The fourth-order valence-electron chi connectivity index (χ4n) is 1.39. The van der Waals surface area contributed by atoms with Crippen molar-refractivity contribution in [1.29, 1.82) is 0 Å². The highest BCUT2D eigenvalue weighted by molar-refractivity contribution is 14.1. The average molecular weight is 399 g/mol. The Morgan fingerprint density at radius 1 is 1.39 bits per heavy atom. The Kier molecular flexibility index (Phi) is 4.24. The van der Waals surface area contributed by atoms with E-state index in [1.807, 2.05) is 22.6 Å². The maximum absolute atomic E-state index is 13.0. The van der Waals surface area contributed by atoms with Gasteiger partial charge in [0.2, 0.25) is 0 Å². The van der Waals surface area contributed by atoms with Crippen LogP contribution in [-0.4, -0.2) is 9.55 Å². The van der Waals surface area contributed by atoms with E-state index >= 15 is 0 Å². The molecule has 3 nitrogen and oxygen atoms in total. The zero-order chi connectivity index (χ0) is 13.3. The lowest BCUT2D eigenvalue weighted by molar-refractivity contribution is 0.626. The number of hydrogen-bond donors (Lipinski definition) is 0. The van der Waals surface area contributed by atoms with Crippen LogP contribution in [0.15, 0.2) is 29.3 Å². The van der Waals surface area contributed by atoms with Crippen molar-refractivity contribution in [2.45, 2.75) is 6.54 Å². The van der Waals surface area contributed by atoms with Crippen LogP contribution in [0.2, 0.25) is 10.2 Å². The second-order valence-electron chi connectivity index (χ2n) is 3.53. The molecule has 0 fully saturated rings. The molecule has 94 valence electrons. The highest BCUT2D eigenvalue weighted by Gasteiger charge is 2.08. The standard InChI is InChI=1S/C11H6Cl2FIN2O/c12-7-3-6(1-2-8(7)14)4-17-5-16-10(13)9(15)11(17)18/h1-3,5H,4H2. The first-order valence-electron chi connectivity index (χ1n) is 4.83. The molecule has 1 heterocycles. The summed E-state index contributed by atoms with van der Waals surface area (Å²) in [4.78, 5) is 15.8. The van der Waals surface area contributed by atoms with E-state index in [-0.39, 0.29) is 22.3 Å². The van der Waals surface area contributed by atoms with E-state index < -0.39 is 5.82 Å². The number of hydrogen-bond acceptors (Lipinski definition) is 2. The first kappa shape index (κ1) is 13.8. The second kappa shape index (κ2) is 5.54. The maximum Gasteiger partial charge on any atom is 0.268 e. The van der Waals surface area contributed by atoms with Crippen molar-refractivity contribution in [3.63, 3.8) is 0 Å². The molecule has 1 aromatic carbocycles. The van der Waals surface area contributed by atoms with E-state index in [1.165, 1.54) is 23.0 Å². The summed E-state index contributed by atoms with van der Waals surface area (Å²) in [6.07, 6.45) is 1.35. The third kappa shape index (κ3) is 2.84. The van der Waals surface area contributed by atoms with Gasteiger partial charge in [0.15, 0.2) is 0 Å². The lowest BCUT2D eigenvalue weighted by Gasteiger charge is -2.07. The predicted molar refractivity (Wildman–Crippen MR) is 76.7 cm³/mol. The Morgan fingerprint density at radius 3 is 2.78 bits per heavy atom. The molecule has 0 spiro atoms. The topological polar surface area (TPSA) is 34.9 Å². The van der Waals surface area contributed by atoms with E-state index in [9.17, 15) is 9.18 Å². The highest BCUT2D eigenvalue weighted by atomic mass is 127. The minimum atomic E-state index is -0.489. The molecular formula is C11H6Cl2FIN2O. The van der Waals surface area contributed by atoms with Gasteiger partial charge < -0.3 is 0 Å². The van der Waals surface area contributed by atoms with Crippen LogP contribution >= 0.6 is 45.8 Å². The smallest absolute Gasteiger partial charge is 0.268 e. The van der Waals surface area contributed by atoms with Crippen molar-refractivity contribution < 1.29 is 4.39 Å². The third-order valence-electron chi connectivity index (χ3n) is 2.28. The van der Waals surface area contributed by atoms with Gasteiger partial charge in [-0.3, -0.25) is 9.36 Å². The molecular weight excluding hydrogens is 393 g/mol. The Hall–Kier alpha value is -0.660. The van der Waals surface area contributed by atoms with Gasteiger partial charge in [0, 0.05) is 0 Å². The van der Waals surface area contributed by atoms with Gasteiger partial charge in [-0.15, -0.1) is 0 Å². The van der Waals surface area contributed by atoms with Crippen LogP contribution in [0.3, 0.4) is 0 Å². The van der Waals surface area contributed by atoms with Gasteiger partial charge in [-0.2, -0.15) is 0 Å². The average Bonchev–Trinajstić information content (AvgIpc) is 2.34. The van der Waals surface area contributed by atoms with Crippen LogP contribution < -0.4 is 5.56 Å². The van der Waals surface area contributed by atoms with E-state index in [0.29, 0.717) is 9.13 Å². The largest absolute Gasteiger partial charge is 0.294 e. The fraction of sp³-hybridized carbons (Fsp3) is 0.0909. The molecule has 1 aromatic heterocycles. The molecule has 7 heteroatoms. The van der Waals surface area contributed by atoms with Gasteiger partial charge in [0.05, 0.1) is 17.9 Å². The van der Waals surface area contributed by atoms with Crippen LogP contribution in [0.1, 0.15) is 5.56 Å². The normalized spacial score (nSPS) is 10.7. The van der Waals surface area contributed by atoms with Crippen LogP contribution in [0, 0.1) is 9.39 Å². The quantitative estimate of drug-likeness (QED) is 0.574. The first-order valence-corrected chi connectivity index (χ1v) is 6.67. The summed E-state index contributed by atoms with van der Waals surface area (Å²) < 4.78 is 14.7. The molecule has 0 amide bonds. The molecule has 0 atom stereocenters. The summed E-state index contributed by atoms with van der Waals surface area (Å²) in [5.41, 5.74) is 0.472. The molecule has 0 unspecified atom stereocenters. The third-order valence-corrected chi connectivity index (χ3v) is 4.14. The summed E-state index contributed by atoms with van der Waals surface area (Å²) in [6, 6.07) is 4.30. The molecule has 2 aromatic rings. The molecule has 18 heavy (non-hydrogen) atoms. The zero-order valence-corrected chi connectivity index (χ0v) is 12.5. The summed E-state index contributed by atoms with van der Waals surface area (Å²) in [5, 5.41) is 0.200. The molecule has 0 saturated heterocycles. The van der Waals surface area contributed by atoms with Gasteiger partial charge in [-0.05, 0) is 40.3 Å². The van der Waals surface area contributed by atoms with E-state index in [2.05, 4.69) is 4.98 Å². The molecule has 0 aliphatic heterocycles. The molecule has 0 N–H and O–H groups in total.